The minimum Gasteiger partial charge on any atom is -0.309 e. The molecule has 41 heavy (non-hydrogen) atoms. The van der Waals surface area contributed by atoms with Crippen molar-refractivity contribution in [3.63, 3.8) is 0 Å². The molecule has 6 aromatic carbocycles. The largest absolute Gasteiger partial charge is 0.309 e. The van der Waals surface area contributed by atoms with Gasteiger partial charge in [-0.3, -0.25) is 4.79 Å². The van der Waals surface area contributed by atoms with Gasteiger partial charge in [0, 0.05) is 53.1 Å². The van der Waals surface area contributed by atoms with Gasteiger partial charge in [-0.1, -0.05) is 72.8 Å². The zero-order valence-corrected chi connectivity index (χ0v) is 22.7. The summed E-state index contributed by atoms with van der Waals surface area (Å²) in [6.45, 7) is 0. The first-order valence-electron chi connectivity index (χ1n) is 13.7. The highest BCUT2D eigenvalue weighted by atomic mass is 32.1. The molecule has 192 valence electrons. The number of fused-ring (bicyclic) bond motifs is 8. The number of aromatic nitrogens is 2. The Labute approximate surface area is 238 Å². The van der Waals surface area contributed by atoms with Crippen LogP contribution >= 0.6 is 11.3 Å². The normalized spacial score (nSPS) is 12.0. The van der Waals surface area contributed by atoms with E-state index in [4.69, 9.17) is 0 Å². The lowest BCUT2D eigenvalue weighted by molar-refractivity contribution is 1.18. The summed E-state index contributed by atoms with van der Waals surface area (Å²) in [5.41, 5.74) is 6.74. The summed E-state index contributed by atoms with van der Waals surface area (Å²) in [7, 11) is 0. The summed E-state index contributed by atoms with van der Waals surface area (Å²) in [6.07, 6.45) is 0. The molecule has 0 atom stereocenters. The third-order valence-corrected chi connectivity index (χ3v) is 9.45. The first-order valence-corrected chi connectivity index (χ1v) is 14.6. The van der Waals surface area contributed by atoms with Gasteiger partial charge in [-0.05, 0) is 60.7 Å². The van der Waals surface area contributed by atoms with Crippen LogP contribution in [-0.2, 0) is 0 Å². The van der Waals surface area contributed by atoms with Crippen LogP contribution in [-0.4, -0.2) is 9.13 Å². The predicted octanol–water partition coefficient (Wildman–Crippen LogP) is 9.61. The maximum absolute atomic E-state index is 14.0. The SMILES string of the molecule is O=c1c2ccc(-n3c4ccccc4c4ccccc43)cc2sc2ccc(-n3c4ccccc4c4ccccc43)cc12. The fourth-order valence-electron chi connectivity index (χ4n) is 6.51. The standard InChI is InChI=1S/C37H22N2OS/c40-37-29-19-17-24(39-33-15-7-3-11-27(33)28-12-4-8-16-34(28)39)22-36(29)41-35-20-18-23(21-30(35)37)38-31-13-5-1-9-25(31)26-10-2-6-14-32(26)38/h1-22H. The molecule has 0 aliphatic carbocycles. The molecule has 0 aliphatic rings. The monoisotopic (exact) mass is 542 g/mol. The second-order valence-corrected chi connectivity index (χ2v) is 11.6. The van der Waals surface area contributed by atoms with E-state index in [0.717, 1.165) is 53.6 Å². The van der Waals surface area contributed by atoms with E-state index in [1.807, 2.05) is 6.07 Å². The van der Waals surface area contributed by atoms with E-state index in [0.29, 0.717) is 0 Å². The molecule has 4 heteroatoms. The van der Waals surface area contributed by atoms with Gasteiger partial charge in [0.25, 0.3) is 0 Å². The van der Waals surface area contributed by atoms with Crippen LogP contribution in [0.3, 0.4) is 0 Å². The van der Waals surface area contributed by atoms with Crippen molar-refractivity contribution >= 4 is 75.1 Å². The van der Waals surface area contributed by atoms with Crippen LogP contribution in [0.1, 0.15) is 0 Å². The number of para-hydroxylation sites is 4. The molecular weight excluding hydrogens is 520 g/mol. The molecule has 0 N–H and O–H groups in total. The van der Waals surface area contributed by atoms with Crippen LogP contribution in [0.15, 0.2) is 138 Å². The summed E-state index contributed by atoms with van der Waals surface area (Å²) >= 11 is 1.68. The second kappa shape index (κ2) is 8.40. The Kier molecular flexibility index (Phi) is 4.63. The minimum atomic E-state index is 0.0742. The summed E-state index contributed by atoms with van der Waals surface area (Å²) < 4.78 is 6.55. The van der Waals surface area contributed by atoms with Crippen LogP contribution in [0.5, 0.6) is 0 Å². The van der Waals surface area contributed by atoms with Crippen molar-refractivity contribution in [1.82, 2.24) is 9.13 Å². The van der Waals surface area contributed by atoms with Gasteiger partial charge in [0.1, 0.15) is 0 Å². The van der Waals surface area contributed by atoms with Crippen molar-refractivity contribution in [2.24, 2.45) is 0 Å². The average molecular weight is 543 g/mol. The van der Waals surface area contributed by atoms with Gasteiger partial charge in [0.2, 0.25) is 0 Å². The Balaban J connectivity index is 1.27. The maximum atomic E-state index is 14.0. The Hall–Kier alpha value is -5.19. The molecule has 9 rings (SSSR count). The van der Waals surface area contributed by atoms with Gasteiger partial charge in [-0.2, -0.15) is 0 Å². The highest BCUT2D eigenvalue weighted by molar-refractivity contribution is 7.24. The number of rotatable bonds is 2. The van der Waals surface area contributed by atoms with Crippen molar-refractivity contribution in [2.75, 3.05) is 0 Å². The molecule has 0 spiro atoms. The maximum Gasteiger partial charge on any atom is 0.195 e. The van der Waals surface area contributed by atoms with Gasteiger partial charge in [-0.15, -0.1) is 11.3 Å². The fraction of sp³-hybridized carbons (Fsp3) is 0. The number of hydrogen-bond donors (Lipinski definition) is 0. The van der Waals surface area contributed by atoms with Crippen LogP contribution in [0, 0.1) is 0 Å². The van der Waals surface area contributed by atoms with Gasteiger partial charge in [-0.25, -0.2) is 0 Å². The van der Waals surface area contributed by atoms with E-state index in [9.17, 15) is 4.79 Å². The molecule has 0 bridgehead atoms. The topological polar surface area (TPSA) is 26.9 Å². The summed E-state index contributed by atoms with van der Waals surface area (Å²) in [5.74, 6) is 0. The van der Waals surface area contributed by atoms with E-state index >= 15 is 0 Å². The van der Waals surface area contributed by atoms with Crippen molar-refractivity contribution in [3.8, 4) is 11.4 Å². The molecule has 0 amide bonds. The van der Waals surface area contributed by atoms with Crippen molar-refractivity contribution < 1.29 is 0 Å². The van der Waals surface area contributed by atoms with E-state index in [1.165, 1.54) is 21.5 Å². The smallest absolute Gasteiger partial charge is 0.195 e. The summed E-state index contributed by atoms with van der Waals surface area (Å²) in [6, 6.07) is 46.5. The molecule has 3 aromatic heterocycles. The summed E-state index contributed by atoms with van der Waals surface area (Å²) in [4.78, 5) is 14.0. The Morgan fingerprint density at radius 1 is 0.390 bits per heavy atom. The highest BCUT2D eigenvalue weighted by Crippen LogP contribution is 2.36. The number of nitrogens with zero attached hydrogens (tertiary/aromatic N) is 2. The van der Waals surface area contributed by atoms with Gasteiger partial charge in [0.15, 0.2) is 5.43 Å². The van der Waals surface area contributed by atoms with E-state index in [1.54, 1.807) is 11.3 Å². The Morgan fingerprint density at radius 2 is 0.829 bits per heavy atom. The predicted molar refractivity (Wildman–Crippen MR) is 174 cm³/mol. The lowest BCUT2D eigenvalue weighted by atomic mass is 10.1. The van der Waals surface area contributed by atoms with Gasteiger partial charge >= 0.3 is 0 Å². The lowest BCUT2D eigenvalue weighted by Gasteiger charge is -2.11. The highest BCUT2D eigenvalue weighted by Gasteiger charge is 2.15. The van der Waals surface area contributed by atoms with Crippen molar-refractivity contribution in [3.05, 3.63) is 144 Å². The first-order chi connectivity index (χ1) is 20.3. The molecule has 9 aromatic rings. The third-order valence-electron chi connectivity index (χ3n) is 8.31. The molecule has 0 saturated heterocycles. The Morgan fingerprint density at radius 3 is 1.34 bits per heavy atom. The van der Waals surface area contributed by atoms with Crippen molar-refractivity contribution in [1.29, 1.82) is 0 Å². The fourth-order valence-corrected chi connectivity index (χ4v) is 7.60. The number of hydrogen-bond acceptors (Lipinski definition) is 2. The first kappa shape index (κ1) is 22.6. The quantitative estimate of drug-likeness (QED) is 0.200. The Bertz CT molecular complexity index is 2460. The van der Waals surface area contributed by atoms with Crippen LogP contribution < -0.4 is 5.43 Å². The van der Waals surface area contributed by atoms with Crippen LogP contribution in [0.4, 0.5) is 0 Å². The zero-order valence-electron chi connectivity index (χ0n) is 21.9. The van der Waals surface area contributed by atoms with Gasteiger partial charge < -0.3 is 9.13 Å². The second-order valence-electron chi connectivity index (χ2n) is 10.5. The third kappa shape index (κ3) is 3.17. The molecule has 0 fully saturated rings. The van der Waals surface area contributed by atoms with Crippen LogP contribution in [0.25, 0.3) is 75.2 Å². The molecule has 0 saturated carbocycles. The number of benzene rings is 6. The molecule has 3 heterocycles. The molecule has 0 aliphatic heterocycles. The lowest BCUT2D eigenvalue weighted by Crippen LogP contribution is -2.03. The molecule has 0 radical (unpaired) electrons. The van der Waals surface area contributed by atoms with E-state index in [2.05, 4.69) is 137 Å². The molecule has 0 unspecified atom stereocenters. The average Bonchev–Trinajstić information content (AvgIpc) is 3.54. The van der Waals surface area contributed by atoms with Crippen LogP contribution in [0.2, 0.25) is 0 Å². The zero-order chi connectivity index (χ0) is 27.1. The van der Waals surface area contributed by atoms with E-state index in [-0.39, 0.29) is 5.43 Å². The van der Waals surface area contributed by atoms with Crippen molar-refractivity contribution in [2.45, 2.75) is 0 Å². The molecular formula is C37H22N2OS. The van der Waals surface area contributed by atoms with Gasteiger partial charge in [0.05, 0.1) is 22.1 Å². The van der Waals surface area contributed by atoms with E-state index < -0.39 is 0 Å². The minimum absolute atomic E-state index is 0.0742. The molecule has 3 nitrogen and oxygen atoms in total. The summed E-state index contributed by atoms with van der Waals surface area (Å²) in [5, 5.41) is 6.40.